The summed E-state index contributed by atoms with van der Waals surface area (Å²) in [6, 6.07) is 6.66. The number of piperidine rings is 1. The van der Waals surface area contributed by atoms with Gasteiger partial charge in [-0.2, -0.15) is 4.31 Å². The zero-order valence-corrected chi connectivity index (χ0v) is 15.3. The van der Waals surface area contributed by atoms with Crippen LogP contribution in [0.4, 0.5) is 0 Å². The van der Waals surface area contributed by atoms with Crippen molar-refractivity contribution in [3.05, 3.63) is 29.8 Å². The largest absolute Gasteiger partial charge is 0.376 e. The van der Waals surface area contributed by atoms with Crippen LogP contribution in [0, 0.1) is 0 Å². The van der Waals surface area contributed by atoms with Crippen LogP contribution < -0.4 is 5.32 Å². The number of rotatable bonds is 6. The zero-order chi connectivity index (χ0) is 17.7. The summed E-state index contributed by atoms with van der Waals surface area (Å²) >= 11 is 0. The molecule has 2 saturated heterocycles. The topological polar surface area (TPSA) is 75.7 Å². The number of hydrogen-bond acceptors (Lipinski definition) is 4. The zero-order valence-electron chi connectivity index (χ0n) is 14.4. The molecule has 2 aliphatic heterocycles. The molecule has 2 fully saturated rings. The number of carbonyl (C=O) groups is 1. The highest BCUT2D eigenvalue weighted by molar-refractivity contribution is 7.89. The lowest BCUT2D eigenvalue weighted by Crippen LogP contribution is -2.35. The maximum Gasteiger partial charge on any atom is 0.243 e. The van der Waals surface area contributed by atoms with E-state index in [1.54, 1.807) is 28.6 Å². The number of hydrogen-bond donors (Lipinski definition) is 1. The van der Waals surface area contributed by atoms with Crippen molar-refractivity contribution in [3.63, 3.8) is 0 Å². The predicted molar refractivity (Wildman–Crippen MR) is 94.7 cm³/mol. The molecule has 0 spiro atoms. The van der Waals surface area contributed by atoms with E-state index in [0.717, 1.165) is 44.3 Å². The fourth-order valence-electron chi connectivity index (χ4n) is 3.31. The van der Waals surface area contributed by atoms with Gasteiger partial charge in [-0.25, -0.2) is 8.42 Å². The average molecular weight is 366 g/mol. The molecule has 0 unspecified atom stereocenters. The van der Waals surface area contributed by atoms with Crippen LogP contribution in [0.15, 0.2) is 29.2 Å². The third kappa shape index (κ3) is 4.80. The normalized spacial score (nSPS) is 22.0. The molecule has 1 aromatic carbocycles. The number of carbonyl (C=O) groups excluding carboxylic acids is 1. The van der Waals surface area contributed by atoms with Crippen molar-refractivity contribution >= 4 is 15.9 Å². The Kier molecular flexibility index (Phi) is 6.09. The highest BCUT2D eigenvalue weighted by atomic mass is 32.2. The summed E-state index contributed by atoms with van der Waals surface area (Å²) in [7, 11) is -3.41. The Balaban J connectivity index is 1.55. The van der Waals surface area contributed by atoms with Crippen LogP contribution in [0.5, 0.6) is 0 Å². The summed E-state index contributed by atoms with van der Waals surface area (Å²) < 4.78 is 32.2. The van der Waals surface area contributed by atoms with Crippen LogP contribution in [-0.4, -0.2) is 51.0 Å². The maximum atomic E-state index is 12.6. The number of amides is 1. The summed E-state index contributed by atoms with van der Waals surface area (Å²) in [4.78, 5) is 12.3. The van der Waals surface area contributed by atoms with Crippen LogP contribution in [0.3, 0.4) is 0 Å². The summed E-state index contributed by atoms with van der Waals surface area (Å²) in [6.07, 6.45) is 5.34. The van der Waals surface area contributed by atoms with Crippen LogP contribution in [0.1, 0.15) is 37.7 Å². The van der Waals surface area contributed by atoms with E-state index in [9.17, 15) is 13.2 Å². The molecule has 2 heterocycles. The SMILES string of the molecule is O=C(Cc1ccc(S(=O)(=O)N2CCCCC2)cc1)NC[C@@H]1CCCO1. The summed E-state index contributed by atoms with van der Waals surface area (Å²) in [5, 5.41) is 2.88. The Hall–Kier alpha value is -1.44. The Morgan fingerprint density at radius 1 is 1.12 bits per heavy atom. The molecule has 0 aliphatic carbocycles. The lowest BCUT2D eigenvalue weighted by atomic mass is 10.1. The van der Waals surface area contributed by atoms with Gasteiger partial charge in [0.05, 0.1) is 17.4 Å². The molecule has 0 radical (unpaired) electrons. The highest BCUT2D eigenvalue weighted by Crippen LogP contribution is 2.21. The molecule has 1 N–H and O–H groups in total. The molecule has 1 amide bonds. The third-order valence-corrected chi connectivity index (χ3v) is 6.70. The van der Waals surface area contributed by atoms with E-state index in [2.05, 4.69) is 5.32 Å². The average Bonchev–Trinajstić information content (AvgIpc) is 3.15. The van der Waals surface area contributed by atoms with Gasteiger partial charge in [0.2, 0.25) is 15.9 Å². The molecule has 3 rings (SSSR count). The first kappa shape index (κ1) is 18.4. The number of nitrogens with zero attached hydrogens (tertiary/aromatic N) is 1. The van der Waals surface area contributed by atoms with Gasteiger partial charge < -0.3 is 10.1 Å². The highest BCUT2D eigenvalue weighted by Gasteiger charge is 2.25. The molecule has 0 bridgehead atoms. The first-order valence-electron chi connectivity index (χ1n) is 9.03. The quantitative estimate of drug-likeness (QED) is 0.831. The van der Waals surface area contributed by atoms with E-state index < -0.39 is 10.0 Å². The van der Waals surface area contributed by atoms with E-state index in [1.165, 1.54) is 0 Å². The monoisotopic (exact) mass is 366 g/mol. The van der Waals surface area contributed by atoms with E-state index >= 15 is 0 Å². The minimum absolute atomic E-state index is 0.0675. The minimum atomic E-state index is -3.41. The first-order chi connectivity index (χ1) is 12.1. The number of nitrogens with one attached hydrogen (secondary N) is 1. The van der Waals surface area contributed by atoms with Gasteiger partial charge in [0.1, 0.15) is 0 Å². The van der Waals surface area contributed by atoms with Gasteiger partial charge in [-0.1, -0.05) is 18.6 Å². The van der Waals surface area contributed by atoms with Crippen LogP contribution in [-0.2, 0) is 26.0 Å². The van der Waals surface area contributed by atoms with Crippen molar-refractivity contribution in [2.45, 2.75) is 49.5 Å². The molecule has 1 atom stereocenters. The summed E-state index contributed by atoms with van der Waals surface area (Å²) in [5.41, 5.74) is 0.808. The standard InChI is InChI=1S/C18H26N2O4S/c21-18(19-14-16-5-4-12-24-16)13-15-6-8-17(9-7-15)25(22,23)20-10-2-1-3-11-20/h6-9,16H,1-5,10-14H2,(H,19,21)/t16-/m0/s1. The van der Waals surface area contributed by atoms with Crippen molar-refractivity contribution in [2.75, 3.05) is 26.2 Å². The van der Waals surface area contributed by atoms with Gasteiger partial charge in [0.15, 0.2) is 0 Å². The van der Waals surface area contributed by atoms with Gasteiger partial charge in [-0.15, -0.1) is 0 Å². The van der Waals surface area contributed by atoms with E-state index in [-0.39, 0.29) is 18.4 Å². The van der Waals surface area contributed by atoms with Gasteiger partial charge in [0.25, 0.3) is 0 Å². The fourth-order valence-corrected chi connectivity index (χ4v) is 4.83. The fraction of sp³-hybridized carbons (Fsp3) is 0.611. The lowest BCUT2D eigenvalue weighted by molar-refractivity contribution is -0.120. The van der Waals surface area contributed by atoms with Gasteiger partial charge in [-0.05, 0) is 43.4 Å². The second-order valence-corrected chi connectivity index (χ2v) is 8.66. The lowest BCUT2D eigenvalue weighted by Gasteiger charge is -2.25. The molecule has 25 heavy (non-hydrogen) atoms. The Bertz CT molecular complexity index is 676. The van der Waals surface area contributed by atoms with Crippen molar-refractivity contribution < 1.29 is 17.9 Å². The van der Waals surface area contributed by atoms with Crippen molar-refractivity contribution in [1.29, 1.82) is 0 Å². The van der Waals surface area contributed by atoms with Gasteiger partial charge in [0, 0.05) is 26.2 Å². The Morgan fingerprint density at radius 3 is 2.48 bits per heavy atom. The van der Waals surface area contributed by atoms with E-state index in [0.29, 0.717) is 24.5 Å². The number of ether oxygens (including phenoxy) is 1. The molecule has 138 valence electrons. The van der Waals surface area contributed by atoms with E-state index in [1.807, 2.05) is 0 Å². The third-order valence-electron chi connectivity index (χ3n) is 4.79. The smallest absolute Gasteiger partial charge is 0.243 e. The van der Waals surface area contributed by atoms with E-state index in [4.69, 9.17) is 4.74 Å². The van der Waals surface area contributed by atoms with Gasteiger partial charge >= 0.3 is 0 Å². The summed E-state index contributed by atoms with van der Waals surface area (Å²) in [6.45, 7) is 2.50. The van der Waals surface area contributed by atoms with Crippen LogP contribution in [0.25, 0.3) is 0 Å². The minimum Gasteiger partial charge on any atom is -0.376 e. The summed E-state index contributed by atoms with van der Waals surface area (Å²) in [5.74, 6) is -0.0675. The van der Waals surface area contributed by atoms with Crippen molar-refractivity contribution in [2.24, 2.45) is 0 Å². The predicted octanol–water partition coefficient (Wildman–Crippen LogP) is 1.70. The molecule has 2 aliphatic rings. The molecule has 0 aromatic heterocycles. The molecular formula is C18H26N2O4S. The molecule has 6 nitrogen and oxygen atoms in total. The first-order valence-corrected chi connectivity index (χ1v) is 10.5. The molecular weight excluding hydrogens is 340 g/mol. The van der Waals surface area contributed by atoms with Crippen molar-refractivity contribution in [3.8, 4) is 0 Å². The molecule has 0 saturated carbocycles. The van der Waals surface area contributed by atoms with Crippen molar-refractivity contribution in [1.82, 2.24) is 9.62 Å². The Labute approximate surface area is 149 Å². The van der Waals surface area contributed by atoms with Crippen LogP contribution >= 0.6 is 0 Å². The second-order valence-electron chi connectivity index (χ2n) is 6.72. The van der Waals surface area contributed by atoms with Crippen LogP contribution in [0.2, 0.25) is 0 Å². The second kappa shape index (κ2) is 8.29. The Morgan fingerprint density at radius 2 is 1.84 bits per heavy atom. The molecule has 1 aromatic rings. The maximum absolute atomic E-state index is 12.6. The number of sulfonamides is 1. The van der Waals surface area contributed by atoms with Gasteiger partial charge in [-0.3, -0.25) is 4.79 Å². The molecule has 7 heteroatoms. The number of benzene rings is 1.